The average Bonchev–Trinajstić information content (AvgIpc) is 2.55. The van der Waals surface area contributed by atoms with Crippen molar-refractivity contribution >= 4 is 34.3 Å². The minimum Gasteiger partial charge on any atom is -0.322 e. The summed E-state index contributed by atoms with van der Waals surface area (Å²) in [5.41, 5.74) is 0.586. The third-order valence-corrected chi connectivity index (χ3v) is 4.13. The van der Waals surface area contributed by atoms with Crippen LogP contribution >= 0.6 is 11.8 Å². The van der Waals surface area contributed by atoms with Gasteiger partial charge in [0.2, 0.25) is 5.56 Å². The maximum absolute atomic E-state index is 12.6. The highest BCUT2D eigenvalue weighted by molar-refractivity contribution is 7.99. The predicted octanol–water partition coefficient (Wildman–Crippen LogP) is 4.10. The molecule has 7 heteroatoms. The van der Waals surface area contributed by atoms with Gasteiger partial charge in [-0.05, 0) is 18.2 Å². The summed E-state index contributed by atoms with van der Waals surface area (Å²) in [6.45, 7) is 0. The molecule has 0 aliphatic carbocycles. The molecule has 0 bridgehead atoms. The van der Waals surface area contributed by atoms with Crippen molar-refractivity contribution in [3.05, 3.63) is 70.5 Å². The number of halogens is 2. The SMILES string of the molecule is O=C(Nc1ccccc1SC(F)F)c1cc(=O)[nH]c2ccccc12. The highest BCUT2D eigenvalue weighted by Gasteiger charge is 2.15. The molecule has 1 amide bonds. The zero-order chi connectivity index (χ0) is 17.1. The number of alkyl halides is 2. The van der Waals surface area contributed by atoms with E-state index in [0.29, 0.717) is 22.7 Å². The van der Waals surface area contributed by atoms with Crippen molar-refractivity contribution in [2.75, 3.05) is 5.32 Å². The Bertz CT molecular complexity index is 956. The van der Waals surface area contributed by atoms with Crippen molar-refractivity contribution in [2.45, 2.75) is 10.7 Å². The van der Waals surface area contributed by atoms with Gasteiger partial charge in [-0.1, -0.05) is 42.1 Å². The van der Waals surface area contributed by atoms with E-state index in [1.807, 2.05) is 0 Å². The topological polar surface area (TPSA) is 62.0 Å². The van der Waals surface area contributed by atoms with Gasteiger partial charge in [0.15, 0.2) is 0 Å². The number of amides is 1. The van der Waals surface area contributed by atoms with Crippen molar-refractivity contribution < 1.29 is 13.6 Å². The monoisotopic (exact) mass is 346 g/mol. The van der Waals surface area contributed by atoms with E-state index in [2.05, 4.69) is 10.3 Å². The normalized spacial score (nSPS) is 11.0. The molecule has 3 aromatic rings. The molecule has 2 aromatic carbocycles. The number of aromatic nitrogens is 1. The molecule has 122 valence electrons. The summed E-state index contributed by atoms with van der Waals surface area (Å²) in [5.74, 6) is -3.12. The van der Waals surface area contributed by atoms with Crippen LogP contribution in [-0.4, -0.2) is 16.6 Å². The lowest BCUT2D eigenvalue weighted by molar-refractivity contribution is 0.102. The highest BCUT2D eigenvalue weighted by atomic mass is 32.2. The number of rotatable bonds is 4. The number of thioether (sulfide) groups is 1. The molecule has 0 spiro atoms. The number of H-pyrrole nitrogens is 1. The summed E-state index contributed by atoms with van der Waals surface area (Å²) in [5, 5.41) is 3.18. The smallest absolute Gasteiger partial charge is 0.288 e. The van der Waals surface area contributed by atoms with E-state index in [4.69, 9.17) is 0 Å². The van der Waals surface area contributed by atoms with E-state index in [-0.39, 0.29) is 16.1 Å². The zero-order valence-corrected chi connectivity index (χ0v) is 13.1. The number of aromatic amines is 1. The molecule has 1 heterocycles. The first kappa shape index (κ1) is 16.2. The molecular weight excluding hydrogens is 334 g/mol. The second-order valence-corrected chi connectivity index (χ2v) is 5.95. The Morgan fingerprint density at radius 2 is 1.79 bits per heavy atom. The van der Waals surface area contributed by atoms with Crippen LogP contribution in [0.25, 0.3) is 10.9 Å². The second kappa shape index (κ2) is 6.84. The van der Waals surface area contributed by atoms with E-state index < -0.39 is 17.2 Å². The maximum Gasteiger partial charge on any atom is 0.288 e. The summed E-state index contributed by atoms with van der Waals surface area (Å²) in [7, 11) is 0. The number of pyridine rings is 1. The Labute approximate surface area is 139 Å². The Balaban J connectivity index is 1.99. The van der Waals surface area contributed by atoms with E-state index in [9.17, 15) is 18.4 Å². The van der Waals surface area contributed by atoms with Crippen molar-refractivity contribution in [3.8, 4) is 0 Å². The van der Waals surface area contributed by atoms with Crippen LogP contribution in [0.2, 0.25) is 0 Å². The Hall–Kier alpha value is -2.67. The predicted molar refractivity (Wildman–Crippen MR) is 90.8 cm³/mol. The minimum absolute atomic E-state index is 0.186. The van der Waals surface area contributed by atoms with Crippen LogP contribution in [0.3, 0.4) is 0 Å². The molecule has 0 unspecified atom stereocenters. The molecule has 4 nitrogen and oxygen atoms in total. The highest BCUT2D eigenvalue weighted by Crippen LogP contribution is 2.32. The summed E-state index contributed by atoms with van der Waals surface area (Å²) in [6, 6.07) is 14.4. The number of para-hydroxylation sites is 2. The second-order valence-electron chi connectivity index (χ2n) is 4.92. The molecule has 3 rings (SSSR count). The third-order valence-electron chi connectivity index (χ3n) is 3.35. The van der Waals surface area contributed by atoms with Gasteiger partial charge in [0.1, 0.15) is 0 Å². The van der Waals surface area contributed by atoms with Gasteiger partial charge in [0, 0.05) is 21.9 Å². The van der Waals surface area contributed by atoms with Gasteiger partial charge in [0.05, 0.1) is 11.3 Å². The lowest BCUT2D eigenvalue weighted by atomic mass is 10.1. The van der Waals surface area contributed by atoms with Gasteiger partial charge in [-0.3, -0.25) is 9.59 Å². The van der Waals surface area contributed by atoms with Crippen LogP contribution in [-0.2, 0) is 0 Å². The van der Waals surface area contributed by atoms with Crippen LogP contribution in [0.5, 0.6) is 0 Å². The van der Waals surface area contributed by atoms with Crippen molar-refractivity contribution in [3.63, 3.8) is 0 Å². The quantitative estimate of drug-likeness (QED) is 0.699. The van der Waals surface area contributed by atoms with Crippen LogP contribution in [0.15, 0.2) is 64.3 Å². The molecule has 24 heavy (non-hydrogen) atoms. The number of anilines is 1. The number of hydrogen-bond donors (Lipinski definition) is 2. The van der Waals surface area contributed by atoms with Crippen LogP contribution in [0.4, 0.5) is 14.5 Å². The number of hydrogen-bond acceptors (Lipinski definition) is 3. The first-order valence-electron chi connectivity index (χ1n) is 7.02. The molecule has 0 aliphatic heterocycles. The van der Waals surface area contributed by atoms with Gasteiger partial charge in [-0.2, -0.15) is 8.78 Å². The van der Waals surface area contributed by atoms with Crippen molar-refractivity contribution in [1.82, 2.24) is 4.98 Å². The average molecular weight is 346 g/mol. The third kappa shape index (κ3) is 3.46. The first-order chi connectivity index (χ1) is 11.5. The van der Waals surface area contributed by atoms with E-state index in [1.165, 1.54) is 18.2 Å². The summed E-state index contributed by atoms with van der Waals surface area (Å²) in [4.78, 5) is 27.2. The lowest BCUT2D eigenvalue weighted by Gasteiger charge is -2.11. The van der Waals surface area contributed by atoms with E-state index in [1.54, 1.807) is 36.4 Å². The number of benzene rings is 2. The number of fused-ring (bicyclic) bond motifs is 1. The molecule has 2 N–H and O–H groups in total. The molecule has 0 fully saturated rings. The van der Waals surface area contributed by atoms with Crippen LogP contribution in [0.1, 0.15) is 10.4 Å². The minimum atomic E-state index is -2.59. The maximum atomic E-state index is 12.6. The summed E-state index contributed by atoms with van der Waals surface area (Å²) < 4.78 is 25.3. The molecule has 1 aromatic heterocycles. The fourth-order valence-electron chi connectivity index (χ4n) is 2.35. The Kier molecular flexibility index (Phi) is 4.61. The molecule has 0 radical (unpaired) electrons. The van der Waals surface area contributed by atoms with Gasteiger partial charge in [0.25, 0.3) is 11.7 Å². The largest absolute Gasteiger partial charge is 0.322 e. The summed E-state index contributed by atoms with van der Waals surface area (Å²) in [6.07, 6.45) is 0. The molecule has 0 atom stereocenters. The Morgan fingerprint density at radius 3 is 2.58 bits per heavy atom. The number of carbonyl (C=O) groups is 1. The van der Waals surface area contributed by atoms with Gasteiger partial charge >= 0.3 is 0 Å². The fourth-order valence-corrected chi connectivity index (χ4v) is 2.95. The molecular formula is C17H12F2N2O2S. The van der Waals surface area contributed by atoms with E-state index >= 15 is 0 Å². The molecule has 0 aliphatic rings. The van der Waals surface area contributed by atoms with Gasteiger partial charge < -0.3 is 10.3 Å². The van der Waals surface area contributed by atoms with Crippen LogP contribution < -0.4 is 10.9 Å². The zero-order valence-electron chi connectivity index (χ0n) is 12.3. The standard InChI is InChI=1S/C17H12F2N2O2S/c18-17(19)24-14-8-4-3-7-13(14)21-16(23)11-9-15(22)20-12-6-2-1-5-10(11)12/h1-9,17H,(H,20,22)(H,21,23). The van der Waals surface area contributed by atoms with Crippen molar-refractivity contribution in [1.29, 1.82) is 0 Å². The summed E-state index contributed by atoms with van der Waals surface area (Å²) >= 11 is 0.353. The van der Waals surface area contributed by atoms with Crippen LogP contribution in [0, 0.1) is 0 Å². The van der Waals surface area contributed by atoms with Gasteiger partial charge in [-0.15, -0.1) is 0 Å². The number of nitrogens with one attached hydrogen (secondary N) is 2. The molecule has 0 saturated heterocycles. The number of carbonyl (C=O) groups excluding carboxylic acids is 1. The fraction of sp³-hybridized carbons (Fsp3) is 0.0588. The van der Waals surface area contributed by atoms with Gasteiger partial charge in [-0.25, -0.2) is 0 Å². The first-order valence-corrected chi connectivity index (χ1v) is 7.90. The lowest BCUT2D eigenvalue weighted by Crippen LogP contribution is -2.17. The van der Waals surface area contributed by atoms with Crippen molar-refractivity contribution in [2.24, 2.45) is 0 Å². The molecule has 0 saturated carbocycles. The van der Waals surface area contributed by atoms with E-state index in [0.717, 1.165) is 0 Å². The Morgan fingerprint density at radius 1 is 1.08 bits per heavy atom.